The second-order valence-electron chi connectivity index (χ2n) is 5.14. The van der Waals surface area contributed by atoms with Crippen LogP contribution in [0, 0.1) is 6.92 Å². The Labute approximate surface area is 115 Å². The molecule has 19 heavy (non-hydrogen) atoms. The molecule has 1 atom stereocenters. The minimum absolute atomic E-state index is 0.339. The zero-order valence-electron chi connectivity index (χ0n) is 12.1. The number of likely N-dealkylation sites (N-methyl/N-ethyl adjacent to an activating group) is 1. The minimum atomic E-state index is 0.339. The van der Waals surface area contributed by atoms with Crippen molar-refractivity contribution in [3.05, 3.63) is 11.8 Å². The summed E-state index contributed by atoms with van der Waals surface area (Å²) in [7, 11) is 2.07. The summed E-state index contributed by atoms with van der Waals surface area (Å²) < 4.78 is 5.68. The highest BCUT2D eigenvalue weighted by Gasteiger charge is 2.19. The number of hydrogen-bond donors (Lipinski definition) is 1. The Bertz CT molecular complexity index is 404. The third-order valence-electron chi connectivity index (χ3n) is 3.34. The van der Waals surface area contributed by atoms with E-state index in [9.17, 15) is 0 Å². The number of anilines is 2. The van der Waals surface area contributed by atoms with E-state index in [0.29, 0.717) is 12.1 Å². The highest BCUT2D eigenvalue weighted by Crippen LogP contribution is 2.20. The van der Waals surface area contributed by atoms with Crippen LogP contribution in [0.3, 0.4) is 0 Å². The molecule has 0 bridgehead atoms. The maximum Gasteiger partial charge on any atom is 0.224 e. The van der Waals surface area contributed by atoms with Gasteiger partial charge in [0, 0.05) is 38.5 Å². The van der Waals surface area contributed by atoms with E-state index in [4.69, 9.17) is 4.74 Å². The van der Waals surface area contributed by atoms with Gasteiger partial charge in [0.2, 0.25) is 5.95 Å². The average Bonchev–Trinajstić information content (AvgIpc) is 2.90. The molecule has 1 saturated heterocycles. The van der Waals surface area contributed by atoms with Crippen molar-refractivity contribution >= 4 is 11.8 Å². The molecule has 0 radical (unpaired) electrons. The first-order chi connectivity index (χ1) is 9.20. The second kappa shape index (κ2) is 6.70. The number of ether oxygens (including phenoxy) is 1. The summed E-state index contributed by atoms with van der Waals surface area (Å²) in [6.45, 7) is 6.87. The van der Waals surface area contributed by atoms with Crippen molar-refractivity contribution in [3.8, 4) is 0 Å². The van der Waals surface area contributed by atoms with Gasteiger partial charge < -0.3 is 15.0 Å². The fraction of sp³-hybridized carbons (Fsp3) is 0.714. The van der Waals surface area contributed by atoms with Crippen LogP contribution < -0.4 is 10.2 Å². The van der Waals surface area contributed by atoms with Crippen LogP contribution in [0.1, 0.15) is 31.7 Å². The molecule has 0 aromatic carbocycles. The molecule has 1 unspecified atom stereocenters. The minimum Gasteiger partial charge on any atom is -0.376 e. The van der Waals surface area contributed by atoms with E-state index < -0.39 is 0 Å². The highest BCUT2D eigenvalue weighted by atomic mass is 16.5. The Hall–Kier alpha value is -1.36. The van der Waals surface area contributed by atoms with Crippen LogP contribution >= 0.6 is 0 Å². The fourth-order valence-corrected chi connectivity index (χ4v) is 2.32. The predicted molar refractivity (Wildman–Crippen MR) is 77.8 cm³/mol. The van der Waals surface area contributed by atoms with Gasteiger partial charge in [-0.05, 0) is 26.2 Å². The Morgan fingerprint density at radius 1 is 1.53 bits per heavy atom. The normalized spacial score (nSPS) is 18.6. The van der Waals surface area contributed by atoms with E-state index in [0.717, 1.165) is 43.9 Å². The molecule has 0 saturated carbocycles. The van der Waals surface area contributed by atoms with E-state index in [2.05, 4.69) is 34.2 Å². The predicted octanol–water partition coefficient (Wildman–Crippen LogP) is 2.22. The number of hydrogen-bond acceptors (Lipinski definition) is 5. The maximum atomic E-state index is 5.68. The van der Waals surface area contributed by atoms with Gasteiger partial charge in [-0.25, -0.2) is 4.98 Å². The first-order valence-electron chi connectivity index (χ1n) is 7.11. The van der Waals surface area contributed by atoms with Crippen LogP contribution in [-0.4, -0.2) is 42.8 Å². The van der Waals surface area contributed by atoms with Crippen LogP contribution in [0.15, 0.2) is 6.20 Å². The summed E-state index contributed by atoms with van der Waals surface area (Å²) >= 11 is 0. The molecular weight excluding hydrogens is 240 g/mol. The lowest BCUT2D eigenvalue weighted by atomic mass is 10.2. The van der Waals surface area contributed by atoms with Crippen LogP contribution in [0.5, 0.6) is 0 Å². The number of aromatic nitrogens is 2. The Morgan fingerprint density at radius 2 is 2.37 bits per heavy atom. The summed E-state index contributed by atoms with van der Waals surface area (Å²) in [5.74, 6) is 1.70. The SMILES string of the molecule is CCCNc1ncc(C)c(N(C)CC2CCCO2)n1. The van der Waals surface area contributed by atoms with Crippen LogP contribution in [0.2, 0.25) is 0 Å². The van der Waals surface area contributed by atoms with Crippen molar-refractivity contribution in [2.24, 2.45) is 0 Å². The molecule has 106 valence electrons. The van der Waals surface area contributed by atoms with Gasteiger partial charge in [0.25, 0.3) is 0 Å². The van der Waals surface area contributed by atoms with Gasteiger partial charge in [0.05, 0.1) is 6.10 Å². The lowest BCUT2D eigenvalue weighted by Gasteiger charge is -2.23. The molecule has 0 spiro atoms. The van der Waals surface area contributed by atoms with Crippen molar-refractivity contribution in [1.29, 1.82) is 0 Å². The molecule has 1 aliphatic heterocycles. The highest BCUT2D eigenvalue weighted by molar-refractivity contribution is 5.48. The zero-order chi connectivity index (χ0) is 13.7. The fourth-order valence-electron chi connectivity index (χ4n) is 2.32. The van der Waals surface area contributed by atoms with Crippen LogP contribution in [-0.2, 0) is 4.74 Å². The number of rotatable bonds is 6. The number of nitrogens with one attached hydrogen (secondary N) is 1. The Balaban J connectivity index is 2.03. The molecular formula is C14H24N4O. The first kappa shape index (κ1) is 14.1. The molecule has 0 amide bonds. The average molecular weight is 264 g/mol. The molecule has 1 aromatic rings. The Kier molecular flexibility index (Phi) is 4.96. The first-order valence-corrected chi connectivity index (χ1v) is 7.11. The van der Waals surface area contributed by atoms with Gasteiger partial charge in [-0.1, -0.05) is 6.92 Å². The summed E-state index contributed by atoms with van der Waals surface area (Å²) in [4.78, 5) is 11.1. The van der Waals surface area contributed by atoms with Gasteiger partial charge in [0.1, 0.15) is 5.82 Å². The lowest BCUT2D eigenvalue weighted by Crippen LogP contribution is -2.30. The van der Waals surface area contributed by atoms with Crippen molar-refractivity contribution in [3.63, 3.8) is 0 Å². The molecule has 1 aliphatic rings. The summed E-state index contributed by atoms with van der Waals surface area (Å²) in [6.07, 6.45) is 5.61. The molecule has 2 rings (SSSR count). The molecule has 0 aliphatic carbocycles. The summed E-state index contributed by atoms with van der Waals surface area (Å²) in [6, 6.07) is 0. The van der Waals surface area contributed by atoms with Gasteiger partial charge in [-0.15, -0.1) is 0 Å². The van der Waals surface area contributed by atoms with E-state index in [1.54, 1.807) is 0 Å². The second-order valence-corrected chi connectivity index (χ2v) is 5.14. The van der Waals surface area contributed by atoms with Gasteiger partial charge in [-0.2, -0.15) is 4.98 Å². The number of aryl methyl sites for hydroxylation is 1. The molecule has 5 heteroatoms. The van der Waals surface area contributed by atoms with E-state index in [1.165, 1.54) is 6.42 Å². The van der Waals surface area contributed by atoms with Crippen LogP contribution in [0.25, 0.3) is 0 Å². The topological polar surface area (TPSA) is 50.3 Å². The summed E-state index contributed by atoms with van der Waals surface area (Å²) in [5.41, 5.74) is 1.10. The monoisotopic (exact) mass is 264 g/mol. The third kappa shape index (κ3) is 3.80. The lowest BCUT2D eigenvalue weighted by molar-refractivity contribution is 0.116. The van der Waals surface area contributed by atoms with E-state index in [1.807, 2.05) is 13.1 Å². The summed E-state index contributed by atoms with van der Waals surface area (Å²) in [5, 5.41) is 3.23. The van der Waals surface area contributed by atoms with Crippen molar-refractivity contribution in [2.75, 3.05) is 37.0 Å². The molecule has 1 aromatic heterocycles. The van der Waals surface area contributed by atoms with E-state index in [-0.39, 0.29) is 0 Å². The third-order valence-corrected chi connectivity index (χ3v) is 3.34. The zero-order valence-corrected chi connectivity index (χ0v) is 12.1. The Morgan fingerprint density at radius 3 is 3.05 bits per heavy atom. The molecule has 1 fully saturated rings. The van der Waals surface area contributed by atoms with Crippen LogP contribution in [0.4, 0.5) is 11.8 Å². The number of nitrogens with zero attached hydrogens (tertiary/aromatic N) is 3. The van der Waals surface area contributed by atoms with Gasteiger partial charge >= 0.3 is 0 Å². The smallest absolute Gasteiger partial charge is 0.224 e. The van der Waals surface area contributed by atoms with Crippen molar-refractivity contribution < 1.29 is 4.74 Å². The van der Waals surface area contributed by atoms with Gasteiger partial charge in [0.15, 0.2) is 0 Å². The quantitative estimate of drug-likeness (QED) is 0.854. The largest absolute Gasteiger partial charge is 0.376 e. The van der Waals surface area contributed by atoms with Crippen molar-refractivity contribution in [2.45, 2.75) is 39.2 Å². The maximum absolute atomic E-state index is 5.68. The van der Waals surface area contributed by atoms with Gasteiger partial charge in [-0.3, -0.25) is 0 Å². The van der Waals surface area contributed by atoms with Crippen molar-refractivity contribution in [1.82, 2.24) is 9.97 Å². The molecule has 5 nitrogen and oxygen atoms in total. The van der Waals surface area contributed by atoms with E-state index >= 15 is 0 Å². The molecule has 2 heterocycles. The molecule has 1 N–H and O–H groups in total. The standard InChI is InChI=1S/C14H24N4O/c1-4-7-15-14-16-9-11(2)13(17-14)18(3)10-12-6-5-8-19-12/h9,12H,4-8,10H2,1-3H3,(H,15,16,17).